The Bertz CT molecular complexity index is 1180. The first-order chi connectivity index (χ1) is 15.1. The second kappa shape index (κ2) is 9.25. The van der Waals surface area contributed by atoms with Gasteiger partial charge in [-0.05, 0) is 37.6 Å². The number of aromatic nitrogens is 4. The van der Waals surface area contributed by atoms with Crippen LogP contribution in [0.15, 0.2) is 66.7 Å². The normalized spacial score (nSPS) is 11.8. The Kier molecular flexibility index (Phi) is 6.07. The molecule has 4 rings (SSSR count). The molecule has 1 N–H and O–H groups in total. The summed E-state index contributed by atoms with van der Waals surface area (Å²) in [5, 5.41) is 15.6. The van der Waals surface area contributed by atoms with Gasteiger partial charge < -0.3 is 14.8 Å². The fourth-order valence-electron chi connectivity index (χ4n) is 3.04. The lowest BCUT2D eigenvalue weighted by Crippen LogP contribution is -2.38. The molecule has 4 aromatic rings. The predicted molar refractivity (Wildman–Crippen MR) is 116 cm³/mol. The largest absolute Gasteiger partial charge is 0.481 e. The third-order valence-corrected chi connectivity index (χ3v) is 4.59. The smallest absolute Gasteiger partial charge is 0.260 e. The van der Waals surface area contributed by atoms with Crippen LogP contribution >= 0.6 is 0 Å². The third kappa shape index (κ3) is 4.98. The number of nitrogens with zero attached hydrogens (tertiary/aromatic N) is 4. The van der Waals surface area contributed by atoms with E-state index in [0.29, 0.717) is 29.6 Å². The van der Waals surface area contributed by atoms with Crippen molar-refractivity contribution in [3.8, 4) is 23.0 Å². The molecule has 8 nitrogen and oxygen atoms in total. The molecule has 0 saturated heterocycles. The lowest BCUT2D eigenvalue weighted by atomic mass is 10.2. The van der Waals surface area contributed by atoms with Gasteiger partial charge in [-0.25, -0.2) is 0 Å². The standard InChI is InChI=1S/C23H23N5O3/c1-16-7-6-10-19(15-16)31-17(2)23(29)24-13-14-30-21-12-11-20-25-26-22(28(20)27-21)18-8-4-3-5-9-18/h3-12,15,17H,13-14H2,1-2H3,(H,24,29). The Morgan fingerprint density at radius 1 is 1.06 bits per heavy atom. The van der Waals surface area contributed by atoms with Gasteiger partial charge in [0.2, 0.25) is 5.88 Å². The number of amides is 1. The Balaban J connectivity index is 1.31. The predicted octanol–water partition coefficient (Wildman–Crippen LogP) is 3.06. The Labute approximate surface area is 179 Å². The van der Waals surface area contributed by atoms with Crippen molar-refractivity contribution in [2.24, 2.45) is 0 Å². The molecule has 0 aliphatic carbocycles. The molecular weight excluding hydrogens is 394 g/mol. The monoisotopic (exact) mass is 417 g/mol. The molecule has 0 radical (unpaired) electrons. The summed E-state index contributed by atoms with van der Waals surface area (Å²) in [7, 11) is 0. The number of nitrogens with one attached hydrogen (secondary N) is 1. The van der Waals surface area contributed by atoms with Crippen LogP contribution in [-0.2, 0) is 4.79 Å². The first-order valence-corrected chi connectivity index (χ1v) is 10.0. The lowest BCUT2D eigenvalue weighted by molar-refractivity contribution is -0.127. The fraction of sp³-hybridized carbons (Fsp3) is 0.217. The maximum Gasteiger partial charge on any atom is 0.260 e. The molecule has 0 fully saturated rings. The quantitative estimate of drug-likeness (QED) is 0.443. The van der Waals surface area contributed by atoms with Crippen molar-refractivity contribution in [2.75, 3.05) is 13.2 Å². The minimum Gasteiger partial charge on any atom is -0.481 e. The van der Waals surface area contributed by atoms with Crippen LogP contribution in [0, 0.1) is 6.92 Å². The molecule has 1 atom stereocenters. The maximum absolute atomic E-state index is 12.3. The fourth-order valence-corrected chi connectivity index (χ4v) is 3.04. The Morgan fingerprint density at radius 2 is 1.90 bits per heavy atom. The van der Waals surface area contributed by atoms with Crippen LogP contribution in [0.4, 0.5) is 0 Å². The van der Waals surface area contributed by atoms with Crippen molar-refractivity contribution in [3.05, 3.63) is 72.3 Å². The minimum atomic E-state index is -0.610. The van der Waals surface area contributed by atoms with E-state index in [0.717, 1.165) is 11.1 Å². The van der Waals surface area contributed by atoms with Gasteiger partial charge in [-0.15, -0.1) is 15.3 Å². The van der Waals surface area contributed by atoms with E-state index in [-0.39, 0.29) is 12.5 Å². The number of hydrogen-bond donors (Lipinski definition) is 1. The number of carbonyl (C=O) groups is 1. The first kappa shape index (κ1) is 20.3. The van der Waals surface area contributed by atoms with E-state index in [1.54, 1.807) is 23.6 Å². The third-order valence-electron chi connectivity index (χ3n) is 4.59. The highest BCUT2D eigenvalue weighted by Gasteiger charge is 2.14. The average molecular weight is 417 g/mol. The van der Waals surface area contributed by atoms with Crippen molar-refractivity contribution >= 4 is 11.6 Å². The summed E-state index contributed by atoms with van der Waals surface area (Å²) >= 11 is 0. The molecule has 2 heterocycles. The van der Waals surface area contributed by atoms with E-state index in [4.69, 9.17) is 9.47 Å². The molecule has 0 saturated carbocycles. The topological polar surface area (TPSA) is 90.6 Å². The van der Waals surface area contributed by atoms with Crippen molar-refractivity contribution in [2.45, 2.75) is 20.0 Å². The lowest BCUT2D eigenvalue weighted by Gasteiger charge is -2.15. The number of benzene rings is 2. The number of rotatable bonds is 8. The van der Waals surface area contributed by atoms with Crippen LogP contribution in [-0.4, -0.2) is 45.0 Å². The van der Waals surface area contributed by atoms with E-state index in [2.05, 4.69) is 20.6 Å². The Hall–Kier alpha value is -3.94. The van der Waals surface area contributed by atoms with E-state index in [1.807, 2.05) is 61.5 Å². The molecule has 2 aromatic carbocycles. The number of carbonyl (C=O) groups excluding carboxylic acids is 1. The van der Waals surface area contributed by atoms with Gasteiger partial charge in [0.05, 0.1) is 6.54 Å². The number of hydrogen-bond acceptors (Lipinski definition) is 6. The van der Waals surface area contributed by atoms with E-state index in [1.165, 1.54) is 0 Å². The van der Waals surface area contributed by atoms with Gasteiger partial charge in [0.1, 0.15) is 12.4 Å². The second-order valence-electron chi connectivity index (χ2n) is 7.05. The summed E-state index contributed by atoms with van der Waals surface area (Å²) in [4.78, 5) is 12.3. The van der Waals surface area contributed by atoms with E-state index in [9.17, 15) is 4.79 Å². The zero-order valence-corrected chi connectivity index (χ0v) is 17.4. The highest BCUT2D eigenvalue weighted by atomic mass is 16.5. The number of aryl methyl sites for hydroxylation is 1. The van der Waals surface area contributed by atoms with Crippen molar-refractivity contribution < 1.29 is 14.3 Å². The SMILES string of the molecule is Cc1cccc(OC(C)C(=O)NCCOc2ccc3nnc(-c4ccccc4)n3n2)c1. The van der Waals surface area contributed by atoms with Crippen LogP contribution in [0.2, 0.25) is 0 Å². The zero-order chi connectivity index (χ0) is 21.6. The Morgan fingerprint density at radius 3 is 2.71 bits per heavy atom. The van der Waals surface area contributed by atoms with Crippen LogP contribution < -0.4 is 14.8 Å². The van der Waals surface area contributed by atoms with Gasteiger partial charge >= 0.3 is 0 Å². The molecule has 2 aromatic heterocycles. The minimum absolute atomic E-state index is 0.210. The molecule has 0 aliphatic heterocycles. The summed E-state index contributed by atoms with van der Waals surface area (Å²) in [5.41, 5.74) is 2.61. The molecule has 0 aliphatic rings. The molecule has 158 valence electrons. The zero-order valence-electron chi connectivity index (χ0n) is 17.4. The average Bonchev–Trinajstić information content (AvgIpc) is 3.20. The molecule has 8 heteroatoms. The molecule has 1 amide bonds. The molecule has 31 heavy (non-hydrogen) atoms. The van der Waals surface area contributed by atoms with Crippen LogP contribution in [0.25, 0.3) is 17.0 Å². The van der Waals surface area contributed by atoms with Gasteiger partial charge in [-0.1, -0.05) is 42.5 Å². The van der Waals surface area contributed by atoms with E-state index >= 15 is 0 Å². The van der Waals surface area contributed by atoms with E-state index < -0.39 is 6.10 Å². The summed E-state index contributed by atoms with van der Waals surface area (Å²) < 4.78 is 13.0. The van der Waals surface area contributed by atoms with Crippen LogP contribution in [0.3, 0.4) is 0 Å². The van der Waals surface area contributed by atoms with Crippen molar-refractivity contribution in [1.82, 2.24) is 25.1 Å². The van der Waals surface area contributed by atoms with Gasteiger partial charge in [-0.3, -0.25) is 4.79 Å². The van der Waals surface area contributed by atoms with Crippen molar-refractivity contribution in [3.63, 3.8) is 0 Å². The number of fused-ring (bicyclic) bond motifs is 1. The van der Waals surface area contributed by atoms with Crippen LogP contribution in [0.1, 0.15) is 12.5 Å². The molecule has 0 bridgehead atoms. The maximum atomic E-state index is 12.3. The molecule has 1 unspecified atom stereocenters. The summed E-state index contributed by atoms with van der Waals surface area (Å²) in [6, 6.07) is 20.8. The van der Waals surface area contributed by atoms with Crippen LogP contribution in [0.5, 0.6) is 11.6 Å². The van der Waals surface area contributed by atoms with Gasteiger partial charge in [0.15, 0.2) is 17.6 Å². The summed E-state index contributed by atoms with van der Waals surface area (Å²) in [6.07, 6.45) is -0.610. The number of ether oxygens (including phenoxy) is 2. The highest BCUT2D eigenvalue weighted by molar-refractivity contribution is 5.80. The first-order valence-electron chi connectivity index (χ1n) is 10.0. The molecular formula is C23H23N5O3. The van der Waals surface area contributed by atoms with Crippen molar-refractivity contribution in [1.29, 1.82) is 0 Å². The van der Waals surface area contributed by atoms with Gasteiger partial charge in [-0.2, -0.15) is 4.52 Å². The summed E-state index contributed by atoms with van der Waals surface area (Å²) in [5.74, 6) is 1.51. The molecule has 0 spiro atoms. The van der Waals surface area contributed by atoms with Gasteiger partial charge in [0.25, 0.3) is 5.91 Å². The van der Waals surface area contributed by atoms with Gasteiger partial charge in [0, 0.05) is 11.6 Å². The summed E-state index contributed by atoms with van der Waals surface area (Å²) in [6.45, 7) is 4.28. The second-order valence-corrected chi connectivity index (χ2v) is 7.05. The highest BCUT2D eigenvalue weighted by Crippen LogP contribution is 2.18.